The van der Waals surface area contributed by atoms with Crippen LogP contribution in [0.3, 0.4) is 0 Å². The van der Waals surface area contributed by atoms with E-state index in [4.69, 9.17) is 4.42 Å². The third kappa shape index (κ3) is 5.13. The molecule has 4 heteroatoms. The molecule has 1 saturated heterocycles. The van der Waals surface area contributed by atoms with Gasteiger partial charge in [-0.15, -0.1) is 0 Å². The van der Waals surface area contributed by atoms with Crippen LogP contribution in [0.5, 0.6) is 0 Å². The highest BCUT2D eigenvalue weighted by atomic mass is 16.3. The molecule has 1 atom stereocenters. The molecular weight excluding hydrogens is 262 g/mol. The van der Waals surface area contributed by atoms with Crippen molar-refractivity contribution < 1.29 is 4.42 Å². The molecule has 1 aromatic heterocycles. The van der Waals surface area contributed by atoms with E-state index in [0.717, 1.165) is 31.9 Å². The summed E-state index contributed by atoms with van der Waals surface area (Å²) in [7, 11) is 2.21. The topological polar surface area (TPSA) is 31.6 Å². The molecule has 0 bridgehead atoms. The molecule has 0 aromatic carbocycles. The predicted molar refractivity (Wildman–Crippen MR) is 87.3 cm³/mol. The van der Waals surface area contributed by atoms with Crippen LogP contribution in [-0.2, 0) is 13.1 Å². The first kappa shape index (κ1) is 16.5. The standard InChI is InChI=1S/C17H31N3O/c1-14-12-19(5)8-6-9-20(14)13-16-15(7-10-21-16)11-18-17(2,3)4/h7,10,14,18H,6,8-9,11-13H2,1-5H3. The van der Waals surface area contributed by atoms with Crippen LogP contribution in [-0.4, -0.2) is 48.1 Å². The highest BCUT2D eigenvalue weighted by Crippen LogP contribution is 2.18. The van der Waals surface area contributed by atoms with Crippen LogP contribution in [0.2, 0.25) is 0 Å². The molecule has 1 aliphatic heterocycles. The molecule has 1 aliphatic rings. The van der Waals surface area contributed by atoms with E-state index in [-0.39, 0.29) is 5.54 Å². The lowest BCUT2D eigenvalue weighted by molar-refractivity contribution is 0.180. The molecule has 120 valence electrons. The van der Waals surface area contributed by atoms with Crippen molar-refractivity contribution in [3.05, 3.63) is 23.7 Å². The third-order valence-corrected chi connectivity index (χ3v) is 4.18. The number of likely N-dealkylation sites (N-methyl/N-ethyl adjacent to an activating group) is 1. The summed E-state index contributed by atoms with van der Waals surface area (Å²) in [6, 6.07) is 2.67. The van der Waals surface area contributed by atoms with Gasteiger partial charge in [-0.1, -0.05) is 0 Å². The lowest BCUT2D eigenvalue weighted by Gasteiger charge is -2.27. The van der Waals surface area contributed by atoms with E-state index < -0.39 is 0 Å². The van der Waals surface area contributed by atoms with Crippen molar-refractivity contribution in [2.75, 3.05) is 26.7 Å². The zero-order valence-corrected chi connectivity index (χ0v) is 14.3. The van der Waals surface area contributed by atoms with E-state index in [1.807, 2.05) is 6.26 Å². The Morgan fingerprint density at radius 2 is 2.10 bits per heavy atom. The monoisotopic (exact) mass is 293 g/mol. The fourth-order valence-electron chi connectivity index (χ4n) is 2.86. The van der Waals surface area contributed by atoms with Gasteiger partial charge in [-0.05, 0) is 53.8 Å². The van der Waals surface area contributed by atoms with E-state index in [2.05, 4.69) is 55.9 Å². The Morgan fingerprint density at radius 1 is 1.33 bits per heavy atom. The van der Waals surface area contributed by atoms with Crippen molar-refractivity contribution >= 4 is 0 Å². The minimum Gasteiger partial charge on any atom is -0.468 e. The van der Waals surface area contributed by atoms with Crippen LogP contribution in [0.15, 0.2) is 16.7 Å². The highest BCUT2D eigenvalue weighted by Gasteiger charge is 2.22. The second kappa shape index (κ2) is 6.95. The van der Waals surface area contributed by atoms with E-state index in [9.17, 15) is 0 Å². The fraction of sp³-hybridized carbons (Fsp3) is 0.765. The second-order valence-electron chi connectivity index (χ2n) is 7.41. The SMILES string of the molecule is CC1CN(C)CCCN1Cc1occc1CNC(C)(C)C. The number of nitrogens with zero attached hydrogens (tertiary/aromatic N) is 2. The highest BCUT2D eigenvalue weighted by molar-refractivity contribution is 5.17. The molecule has 2 heterocycles. The zero-order chi connectivity index (χ0) is 15.5. The third-order valence-electron chi connectivity index (χ3n) is 4.18. The number of rotatable bonds is 4. The van der Waals surface area contributed by atoms with E-state index in [1.54, 1.807) is 0 Å². The predicted octanol–water partition coefficient (Wildman–Crippen LogP) is 2.69. The molecule has 0 saturated carbocycles. The molecule has 21 heavy (non-hydrogen) atoms. The average Bonchev–Trinajstić information content (AvgIpc) is 2.74. The Morgan fingerprint density at radius 3 is 2.81 bits per heavy atom. The molecule has 1 unspecified atom stereocenters. The number of nitrogens with one attached hydrogen (secondary N) is 1. The number of furan rings is 1. The Balaban J connectivity index is 1.97. The summed E-state index contributed by atoms with van der Waals surface area (Å²) in [5, 5.41) is 3.55. The lowest BCUT2D eigenvalue weighted by atomic mass is 10.1. The summed E-state index contributed by atoms with van der Waals surface area (Å²) in [4.78, 5) is 4.97. The van der Waals surface area contributed by atoms with Gasteiger partial charge < -0.3 is 14.6 Å². The van der Waals surface area contributed by atoms with Crippen molar-refractivity contribution in [2.45, 2.75) is 58.8 Å². The van der Waals surface area contributed by atoms with Gasteiger partial charge in [0.05, 0.1) is 12.8 Å². The zero-order valence-electron chi connectivity index (χ0n) is 14.3. The van der Waals surface area contributed by atoms with Gasteiger partial charge in [-0.2, -0.15) is 0 Å². The van der Waals surface area contributed by atoms with Gasteiger partial charge in [0.1, 0.15) is 5.76 Å². The van der Waals surface area contributed by atoms with Crippen molar-refractivity contribution in [3.8, 4) is 0 Å². The summed E-state index contributed by atoms with van der Waals surface area (Å²) >= 11 is 0. The molecule has 1 fully saturated rings. The van der Waals surface area contributed by atoms with Gasteiger partial charge in [0.2, 0.25) is 0 Å². The van der Waals surface area contributed by atoms with Crippen LogP contribution in [0, 0.1) is 0 Å². The van der Waals surface area contributed by atoms with Crippen LogP contribution in [0.1, 0.15) is 45.4 Å². The van der Waals surface area contributed by atoms with E-state index in [1.165, 1.54) is 18.5 Å². The van der Waals surface area contributed by atoms with Gasteiger partial charge in [0.15, 0.2) is 0 Å². The minimum atomic E-state index is 0.132. The Labute approximate surface area is 129 Å². The van der Waals surface area contributed by atoms with E-state index >= 15 is 0 Å². The molecule has 0 spiro atoms. The van der Waals surface area contributed by atoms with Crippen molar-refractivity contribution in [3.63, 3.8) is 0 Å². The maximum atomic E-state index is 5.75. The minimum absolute atomic E-state index is 0.132. The summed E-state index contributed by atoms with van der Waals surface area (Å²) < 4.78 is 5.75. The summed E-state index contributed by atoms with van der Waals surface area (Å²) in [6.07, 6.45) is 3.06. The summed E-state index contributed by atoms with van der Waals surface area (Å²) in [5.74, 6) is 1.11. The van der Waals surface area contributed by atoms with Gasteiger partial charge >= 0.3 is 0 Å². The smallest absolute Gasteiger partial charge is 0.122 e. The number of hydrogen-bond donors (Lipinski definition) is 1. The fourth-order valence-corrected chi connectivity index (χ4v) is 2.86. The first-order valence-corrected chi connectivity index (χ1v) is 8.08. The number of hydrogen-bond acceptors (Lipinski definition) is 4. The molecule has 2 rings (SSSR count). The molecular formula is C17H31N3O. The van der Waals surface area contributed by atoms with Crippen LogP contribution in [0.25, 0.3) is 0 Å². The second-order valence-corrected chi connectivity index (χ2v) is 7.41. The Kier molecular flexibility index (Phi) is 5.47. The molecule has 0 amide bonds. The quantitative estimate of drug-likeness (QED) is 0.925. The van der Waals surface area contributed by atoms with Crippen molar-refractivity contribution in [2.24, 2.45) is 0 Å². The van der Waals surface area contributed by atoms with Crippen molar-refractivity contribution in [1.29, 1.82) is 0 Å². The molecule has 4 nitrogen and oxygen atoms in total. The molecule has 1 N–H and O–H groups in total. The molecule has 0 aliphatic carbocycles. The molecule has 1 aromatic rings. The van der Waals surface area contributed by atoms with Gasteiger partial charge in [-0.25, -0.2) is 0 Å². The summed E-state index contributed by atoms with van der Waals surface area (Å²) in [5.41, 5.74) is 1.42. The van der Waals surface area contributed by atoms with Gasteiger partial charge in [-0.3, -0.25) is 4.90 Å². The largest absolute Gasteiger partial charge is 0.468 e. The Bertz CT molecular complexity index is 435. The van der Waals surface area contributed by atoms with Crippen LogP contribution < -0.4 is 5.32 Å². The van der Waals surface area contributed by atoms with E-state index in [0.29, 0.717) is 6.04 Å². The maximum Gasteiger partial charge on any atom is 0.122 e. The Hall–Kier alpha value is -0.840. The summed E-state index contributed by atoms with van der Waals surface area (Å²) in [6.45, 7) is 14.2. The van der Waals surface area contributed by atoms with Crippen LogP contribution >= 0.6 is 0 Å². The average molecular weight is 293 g/mol. The van der Waals surface area contributed by atoms with Gasteiger partial charge in [0, 0.05) is 36.8 Å². The normalized spacial score (nSPS) is 22.4. The van der Waals surface area contributed by atoms with Gasteiger partial charge in [0.25, 0.3) is 0 Å². The van der Waals surface area contributed by atoms with Crippen molar-refractivity contribution in [1.82, 2.24) is 15.1 Å². The first-order chi connectivity index (χ1) is 9.85. The molecule has 0 radical (unpaired) electrons. The first-order valence-electron chi connectivity index (χ1n) is 8.08. The van der Waals surface area contributed by atoms with Crippen LogP contribution in [0.4, 0.5) is 0 Å². The lowest BCUT2D eigenvalue weighted by Crippen LogP contribution is -2.38. The maximum absolute atomic E-state index is 5.75.